The number of carbonyl (C=O) groups excluding carboxylic acids is 1. The van der Waals surface area contributed by atoms with Crippen LogP contribution in [-0.2, 0) is 13.6 Å². The molecule has 0 spiro atoms. The Balaban J connectivity index is 3.17. The fourth-order valence-corrected chi connectivity index (χ4v) is 3.38. The Hall–Kier alpha value is -1.30. The van der Waals surface area contributed by atoms with Crippen molar-refractivity contribution >= 4 is 13.4 Å². The molecule has 0 aromatic heterocycles. The van der Waals surface area contributed by atoms with Crippen LogP contribution in [0.1, 0.15) is 44.0 Å². The lowest BCUT2D eigenvalue weighted by molar-refractivity contribution is 0.0319. The topological polar surface area (TPSA) is 61.8 Å². The molecule has 0 heterocycles. The normalized spacial score (nSPS) is 12.2. The van der Waals surface area contributed by atoms with Gasteiger partial charge in [0.25, 0.3) is 0 Å². The molecule has 5 nitrogen and oxygen atoms in total. The highest BCUT2D eigenvalue weighted by Crippen LogP contribution is 2.63. The van der Waals surface area contributed by atoms with E-state index in [0.717, 1.165) is 12.8 Å². The summed E-state index contributed by atoms with van der Waals surface area (Å²) in [7, 11) is -4.93. The number of Topliss-reactive ketones (excluding diaryl/α,β-unsaturated/α-hetero) is 1. The van der Waals surface area contributed by atoms with E-state index >= 15 is 0 Å². The molecule has 0 aliphatic heterocycles. The maximum absolute atomic E-state index is 14.6. The standard InChI is InChI=1S/C16H23F2O5P/c1-4-7-12-21-14-11-9-8-10-13(14)15(19)16(17,18)24(20,22-5-2)23-6-3/h8-11H,4-7,12H2,1-3H3. The fourth-order valence-electron chi connectivity index (χ4n) is 1.93. The summed E-state index contributed by atoms with van der Waals surface area (Å²) in [6.45, 7) is 4.50. The molecule has 0 unspecified atom stereocenters. The predicted molar refractivity (Wildman–Crippen MR) is 87.0 cm³/mol. The first kappa shape index (κ1) is 20.7. The van der Waals surface area contributed by atoms with E-state index in [-0.39, 0.29) is 24.5 Å². The number of carbonyl (C=O) groups is 1. The third kappa shape index (κ3) is 4.62. The predicted octanol–water partition coefficient (Wildman–Crippen LogP) is 4.91. The van der Waals surface area contributed by atoms with Crippen LogP contribution >= 0.6 is 7.60 Å². The number of benzene rings is 1. The van der Waals surface area contributed by atoms with Gasteiger partial charge in [-0.3, -0.25) is 9.36 Å². The molecule has 0 N–H and O–H groups in total. The molecule has 1 aromatic carbocycles. The summed E-state index contributed by atoms with van der Waals surface area (Å²) in [4.78, 5) is 12.4. The van der Waals surface area contributed by atoms with Crippen molar-refractivity contribution in [2.75, 3.05) is 19.8 Å². The van der Waals surface area contributed by atoms with Crippen molar-refractivity contribution < 1.29 is 31.9 Å². The first-order valence-electron chi connectivity index (χ1n) is 7.87. The average Bonchev–Trinajstić information content (AvgIpc) is 2.55. The Morgan fingerprint density at radius 3 is 2.25 bits per heavy atom. The summed E-state index contributed by atoms with van der Waals surface area (Å²) in [6, 6.07) is 5.63. The summed E-state index contributed by atoms with van der Waals surface area (Å²) in [6.07, 6.45) is 1.57. The van der Waals surface area contributed by atoms with Crippen LogP contribution in [0.4, 0.5) is 8.78 Å². The fraction of sp³-hybridized carbons (Fsp3) is 0.562. The molecule has 1 rings (SSSR count). The Kier molecular flexibility index (Phi) is 8.00. The number of unbranched alkanes of at least 4 members (excludes halogenated alkanes) is 1. The zero-order chi connectivity index (χ0) is 18.2. The number of hydrogen-bond donors (Lipinski definition) is 0. The highest BCUT2D eigenvalue weighted by molar-refractivity contribution is 7.56. The molecule has 0 fully saturated rings. The second-order valence-electron chi connectivity index (χ2n) is 4.90. The number of rotatable bonds is 11. The van der Waals surface area contributed by atoms with Gasteiger partial charge in [0.05, 0.1) is 25.4 Å². The molecule has 24 heavy (non-hydrogen) atoms. The lowest BCUT2D eigenvalue weighted by atomic mass is 10.1. The molecule has 0 atom stereocenters. The van der Waals surface area contributed by atoms with Crippen LogP contribution < -0.4 is 4.74 Å². The zero-order valence-corrected chi connectivity index (χ0v) is 15.0. The molecule has 0 saturated carbocycles. The molecule has 0 saturated heterocycles. The van der Waals surface area contributed by atoms with Crippen molar-refractivity contribution in [3.63, 3.8) is 0 Å². The number of alkyl halides is 2. The van der Waals surface area contributed by atoms with Gasteiger partial charge in [-0.15, -0.1) is 0 Å². The van der Waals surface area contributed by atoms with Crippen LogP contribution in [0, 0.1) is 0 Å². The Morgan fingerprint density at radius 1 is 1.12 bits per heavy atom. The minimum atomic E-state index is -4.93. The van der Waals surface area contributed by atoms with Crippen molar-refractivity contribution in [3.8, 4) is 5.75 Å². The van der Waals surface area contributed by atoms with Gasteiger partial charge in [-0.2, -0.15) is 8.78 Å². The molecule has 0 amide bonds. The quantitative estimate of drug-likeness (QED) is 0.317. The number of ether oxygens (including phenoxy) is 1. The second kappa shape index (κ2) is 9.25. The van der Waals surface area contributed by atoms with Crippen molar-refractivity contribution in [2.24, 2.45) is 0 Å². The summed E-state index contributed by atoms with van der Waals surface area (Å²) in [5.74, 6) is -1.62. The van der Waals surface area contributed by atoms with Gasteiger partial charge in [0.2, 0.25) is 5.78 Å². The maximum atomic E-state index is 14.6. The lowest BCUT2D eigenvalue weighted by Gasteiger charge is -2.25. The summed E-state index contributed by atoms with van der Waals surface area (Å²) in [5.41, 5.74) is -4.65. The van der Waals surface area contributed by atoms with Crippen LogP contribution in [0.25, 0.3) is 0 Å². The smallest absolute Gasteiger partial charge is 0.408 e. The number of halogens is 2. The van der Waals surface area contributed by atoms with E-state index in [4.69, 9.17) is 4.74 Å². The molecule has 8 heteroatoms. The van der Waals surface area contributed by atoms with Gasteiger partial charge in [0.15, 0.2) is 0 Å². The average molecular weight is 364 g/mol. The molecule has 136 valence electrons. The molecule has 0 aliphatic carbocycles. The maximum Gasteiger partial charge on any atom is 0.408 e. The number of para-hydroxylation sites is 1. The van der Waals surface area contributed by atoms with E-state index in [9.17, 15) is 18.1 Å². The van der Waals surface area contributed by atoms with Crippen molar-refractivity contribution in [3.05, 3.63) is 29.8 Å². The molecule has 0 aliphatic rings. The van der Waals surface area contributed by atoms with Crippen LogP contribution in [0.3, 0.4) is 0 Å². The molecular weight excluding hydrogens is 341 g/mol. The van der Waals surface area contributed by atoms with Crippen molar-refractivity contribution in [1.29, 1.82) is 0 Å². The van der Waals surface area contributed by atoms with Crippen molar-refractivity contribution in [2.45, 2.75) is 39.3 Å². The van der Waals surface area contributed by atoms with E-state index in [1.54, 1.807) is 6.07 Å². The minimum Gasteiger partial charge on any atom is -0.493 e. The summed E-state index contributed by atoms with van der Waals surface area (Å²) >= 11 is 0. The molecule has 0 radical (unpaired) electrons. The van der Waals surface area contributed by atoms with Gasteiger partial charge < -0.3 is 13.8 Å². The summed E-state index contributed by atoms with van der Waals surface area (Å²) < 4.78 is 56.2. The van der Waals surface area contributed by atoms with Crippen LogP contribution in [0.5, 0.6) is 5.75 Å². The van der Waals surface area contributed by atoms with Gasteiger partial charge in [-0.25, -0.2) is 0 Å². The lowest BCUT2D eigenvalue weighted by Crippen LogP contribution is -2.31. The highest BCUT2D eigenvalue weighted by Gasteiger charge is 2.60. The minimum absolute atomic E-state index is 0.0233. The molecule has 0 bridgehead atoms. The molecular formula is C16H23F2O5P. The van der Waals surface area contributed by atoms with Gasteiger partial charge >= 0.3 is 13.3 Å². The van der Waals surface area contributed by atoms with Gasteiger partial charge in [0.1, 0.15) is 5.75 Å². The first-order valence-corrected chi connectivity index (χ1v) is 9.41. The SMILES string of the molecule is CCCCOc1ccccc1C(=O)C(F)(F)P(=O)(OCC)OCC. The van der Waals surface area contributed by atoms with Gasteiger partial charge in [-0.05, 0) is 32.4 Å². The van der Waals surface area contributed by atoms with Crippen LogP contribution in [-0.4, -0.2) is 31.3 Å². The van der Waals surface area contributed by atoms with E-state index in [0.29, 0.717) is 6.61 Å². The number of ketones is 1. The Bertz CT molecular complexity index is 582. The summed E-state index contributed by atoms with van der Waals surface area (Å²) in [5, 5.41) is 0. The van der Waals surface area contributed by atoms with Gasteiger partial charge in [-0.1, -0.05) is 25.5 Å². The van der Waals surface area contributed by atoms with Crippen LogP contribution in [0.15, 0.2) is 24.3 Å². The Morgan fingerprint density at radius 2 is 1.71 bits per heavy atom. The van der Waals surface area contributed by atoms with Crippen molar-refractivity contribution in [1.82, 2.24) is 0 Å². The Labute approximate surface area is 140 Å². The first-order chi connectivity index (χ1) is 11.3. The third-order valence-corrected chi connectivity index (χ3v) is 5.19. The second-order valence-corrected chi connectivity index (χ2v) is 6.97. The van der Waals surface area contributed by atoms with Gasteiger partial charge in [0, 0.05) is 0 Å². The van der Waals surface area contributed by atoms with Crippen LogP contribution in [0.2, 0.25) is 0 Å². The van der Waals surface area contributed by atoms with E-state index in [2.05, 4.69) is 9.05 Å². The third-order valence-electron chi connectivity index (χ3n) is 3.10. The monoisotopic (exact) mass is 364 g/mol. The van der Waals surface area contributed by atoms with E-state index in [1.807, 2.05) is 6.92 Å². The number of hydrogen-bond acceptors (Lipinski definition) is 5. The van der Waals surface area contributed by atoms with E-state index in [1.165, 1.54) is 32.0 Å². The zero-order valence-electron chi connectivity index (χ0n) is 14.1. The van der Waals surface area contributed by atoms with E-state index < -0.39 is 19.0 Å². The highest BCUT2D eigenvalue weighted by atomic mass is 31.2. The molecule has 1 aromatic rings. The largest absolute Gasteiger partial charge is 0.493 e.